The second-order valence-electron chi connectivity index (χ2n) is 6.07. The monoisotopic (exact) mass is 243 g/mol. The van der Waals surface area contributed by atoms with Gasteiger partial charge in [-0.3, -0.25) is 0 Å². The highest BCUT2D eigenvalue weighted by atomic mass is 16.3. The molecule has 0 amide bonds. The summed E-state index contributed by atoms with van der Waals surface area (Å²) in [6, 6.07) is 8.39. The van der Waals surface area contributed by atoms with Gasteiger partial charge in [0.1, 0.15) is 0 Å². The zero-order valence-corrected chi connectivity index (χ0v) is 11.2. The molecule has 1 aromatic heterocycles. The maximum absolute atomic E-state index is 10.3. The van der Waals surface area contributed by atoms with E-state index in [1.54, 1.807) is 0 Å². The fourth-order valence-corrected chi connectivity index (χ4v) is 2.84. The smallest absolute Gasteiger partial charge is 0.0861 e. The van der Waals surface area contributed by atoms with Crippen LogP contribution in [0.25, 0.3) is 10.9 Å². The second-order valence-corrected chi connectivity index (χ2v) is 6.07. The SMILES string of the molecule is CC(C)(O)c1cn(CC2CCC2)c2ccccc12. The van der Waals surface area contributed by atoms with Crippen LogP contribution in [-0.2, 0) is 12.1 Å². The lowest BCUT2D eigenvalue weighted by molar-refractivity contribution is 0.0798. The first-order valence-corrected chi connectivity index (χ1v) is 6.86. The van der Waals surface area contributed by atoms with Crippen molar-refractivity contribution in [3.05, 3.63) is 36.0 Å². The lowest BCUT2D eigenvalue weighted by atomic mass is 9.85. The first-order valence-electron chi connectivity index (χ1n) is 6.86. The van der Waals surface area contributed by atoms with E-state index < -0.39 is 5.60 Å². The molecule has 1 heterocycles. The van der Waals surface area contributed by atoms with Crippen molar-refractivity contribution < 1.29 is 5.11 Å². The van der Waals surface area contributed by atoms with Crippen molar-refractivity contribution in [1.82, 2.24) is 4.57 Å². The van der Waals surface area contributed by atoms with Crippen molar-refractivity contribution in [2.24, 2.45) is 5.92 Å². The number of para-hydroxylation sites is 1. The van der Waals surface area contributed by atoms with Gasteiger partial charge in [-0.2, -0.15) is 0 Å². The molecule has 0 unspecified atom stereocenters. The van der Waals surface area contributed by atoms with Gasteiger partial charge in [-0.25, -0.2) is 0 Å². The van der Waals surface area contributed by atoms with E-state index in [4.69, 9.17) is 0 Å². The molecule has 0 saturated heterocycles. The Bertz CT molecular complexity index is 558. The first kappa shape index (κ1) is 11.8. The van der Waals surface area contributed by atoms with Crippen LogP contribution < -0.4 is 0 Å². The molecule has 0 aliphatic heterocycles. The minimum atomic E-state index is -0.773. The number of rotatable bonds is 3. The largest absolute Gasteiger partial charge is 0.386 e. The normalized spacial score (nSPS) is 17.1. The van der Waals surface area contributed by atoms with Gasteiger partial charge >= 0.3 is 0 Å². The Morgan fingerprint density at radius 3 is 2.61 bits per heavy atom. The van der Waals surface area contributed by atoms with E-state index in [0.717, 1.165) is 18.0 Å². The van der Waals surface area contributed by atoms with Gasteiger partial charge in [-0.05, 0) is 38.7 Å². The van der Waals surface area contributed by atoms with E-state index in [1.807, 2.05) is 19.9 Å². The summed E-state index contributed by atoms with van der Waals surface area (Å²) in [6.07, 6.45) is 6.22. The Hall–Kier alpha value is -1.28. The fourth-order valence-electron chi connectivity index (χ4n) is 2.84. The molecule has 0 spiro atoms. The maximum Gasteiger partial charge on any atom is 0.0861 e. The van der Waals surface area contributed by atoms with Crippen molar-refractivity contribution in [3.8, 4) is 0 Å². The molecule has 96 valence electrons. The molecule has 0 radical (unpaired) electrons. The van der Waals surface area contributed by atoms with Gasteiger partial charge in [0.05, 0.1) is 5.60 Å². The average molecular weight is 243 g/mol. The van der Waals surface area contributed by atoms with E-state index in [-0.39, 0.29) is 0 Å². The van der Waals surface area contributed by atoms with E-state index in [9.17, 15) is 5.11 Å². The molecule has 1 N–H and O–H groups in total. The van der Waals surface area contributed by atoms with Crippen molar-refractivity contribution in [3.63, 3.8) is 0 Å². The predicted molar refractivity (Wildman–Crippen MR) is 74.5 cm³/mol. The lowest BCUT2D eigenvalue weighted by Gasteiger charge is -2.26. The Morgan fingerprint density at radius 1 is 1.28 bits per heavy atom. The number of hydrogen-bond acceptors (Lipinski definition) is 1. The predicted octanol–water partition coefficient (Wildman–Crippen LogP) is 3.67. The van der Waals surface area contributed by atoms with Gasteiger partial charge in [0.15, 0.2) is 0 Å². The molecule has 1 saturated carbocycles. The van der Waals surface area contributed by atoms with E-state index in [2.05, 4.69) is 29.0 Å². The molecular formula is C16H21NO. The van der Waals surface area contributed by atoms with Gasteiger partial charge < -0.3 is 9.67 Å². The van der Waals surface area contributed by atoms with Gasteiger partial charge in [0.2, 0.25) is 0 Å². The molecule has 3 rings (SSSR count). The Balaban J connectivity index is 2.08. The van der Waals surface area contributed by atoms with Gasteiger partial charge in [0.25, 0.3) is 0 Å². The van der Waals surface area contributed by atoms with E-state index in [0.29, 0.717) is 0 Å². The molecule has 1 aromatic carbocycles. The Labute approximate surface area is 108 Å². The summed E-state index contributed by atoms with van der Waals surface area (Å²) in [5, 5.41) is 11.5. The molecule has 2 nitrogen and oxygen atoms in total. The van der Waals surface area contributed by atoms with Gasteiger partial charge in [-0.15, -0.1) is 0 Å². The highest BCUT2D eigenvalue weighted by molar-refractivity contribution is 5.84. The summed E-state index contributed by atoms with van der Waals surface area (Å²) in [5.41, 5.74) is 1.52. The molecule has 2 heteroatoms. The maximum atomic E-state index is 10.3. The van der Waals surface area contributed by atoms with Crippen molar-refractivity contribution in [1.29, 1.82) is 0 Å². The topological polar surface area (TPSA) is 25.2 Å². The van der Waals surface area contributed by atoms with Crippen LogP contribution in [0.5, 0.6) is 0 Å². The molecule has 1 fully saturated rings. The number of nitrogens with zero attached hydrogens (tertiary/aromatic N) is 1. The minimum Gasteiger partial charge on any atom is -0.386 e. The standard InChI is InChI=1S/C16H21NO/c1-16(2,18)14-11-17(10-12-6-5-7-12)15-9-4-3-8-13(14)15/h3-4,8-9,11-12,18H,5-7,10H2,1-2H3. The summed E-state index contributed by atoms with van der Waals surface area (Å²) in [4.78, 5) is 0. The number of hydrogen-bond donors (Lipinski definition) is 1. The number of aromatic nitrogens is 1. The second kappa shape index (κ2) is 4.13. The summed E-state index contributed by atoms with van der Waals surface area (Å²) < 4.78 is 2.33. The molecule has 18 heavy (non-hydrogen) atoms. The third-order valence-corrected chi connectivity index (χ3v) is 4.13. The van der Waals surface area contributed by atoms with Crippen LogP contribution in [0.15, 0.2) is 30.5 Å². The number of benzene rings is 1. The zero-order chi connectivity index (χ0) is 12.8. The highest BCUT2D eigenvalue weighted by Gasteiger charge is 2.24. The van der Waals surface area contributed by atoms with E-state index in [1.165, 1.54) is 30.2 Å². The van der Waals surface area contributed by atoms with Crippen molar-refractivity contribution in [2.75, 3.05) is 0 Å². The minimum absolute atomic E-state index is 0.773. The van der Waals surface area contributed by atoms with Crippen LogP contribution in [-0.4, -0.2) is 9.67 Å². The van der Waals surface area contributed by atoms with Crippen LogP contribution >= 0.6 is 0 Å². The third kappa shape index (κ3) is 1.95. The molecule has 0 bridgehead atoms. The molecular weight excluding hydrogens is 222 g/mol. The lowest BCUT2D eigenvalue weighted by Crippen LogP contribution is -2.18. The summed E-state index contributed by atoms with van der Waals surface area (Å²) in [7, 11) is 0. The fraction of sp³-hybridized carbons (Fsp3) is 0.500. The summed E-state index contributed by atoms with van der Waals surface area (Å²) >= 11 is 0. The van der Waals surface area contributed by atoms with Crippen molar-refractivity contribution >= 4 is 10.9 Å². The first-order chi connectivity index (χ1) is 8.55. The van der Waals surface area contributed by atoms with Gasteiger partial charge in [-0.1, -0.05) is 24.6 Å². The van der Waals surface area contributed by atoms with Crippen LogP contribution in [0.4, 0.5) is 0 Å². The molecule has 1 aliphatic carbocycles. The quantitative estimate of drug-likeness (QED) is 0.874. The Kier molecular flexibility index (Phi) is 2.70. The van der Waals surface area contributed by atoms with Crippen molar-refractivity contribution in [2.45, 2.75) is 45.3 Å². The summed E-state index contributed by atoms with van der Waals surface area (Å²) in [5.74, 6) is 0.829. The molecule has 1 aliphatic rings. The summed E-state index contributed by atoms with van der Waals surface area (Å²) in [6.45, 7) is 4.82. The average Bonchev–Trinajstić information content (AvgIpc) is 2.62. The van der Waals surface area contributed by atoms with Gasteiger partial charge in [0, 0.05) is 29.2 Å². The van der Waals surface area contributed by atoms with Crippen LogP contribution in [0.3, 0.4) is 0 Å². The number of fused-ring (bicyclic) bond motifs is 1. The highest BCUT2D eigenvalue weighted by Crippen LogP contribution is 2.33. The zero-order valence-electron chi connectivity index (χ0n) is 11.2. The number of aliphatic hydroxyl groups is 1. The Morgan fingerprint density at radius 2 is 2.00 bits per heavy atom. The van der Waals surface area contributed by atoms with Crippen LogP contribution in [0, 0.1) is 5.92 Å². The van der Waals surface area contributed by atoms with Crippen LogP contribution in [0.1, 0.15) is 38.7 Å². The molecule has 2 aromatic rings. The third-order valence-electron chi connectivity index (χ3n) is 4.13. The van der Waals surface area contributed by atoms with E-state index >= 15 is 0 Å². The molecule has 0 atom stereocenters. The van der Waals surface area contributed by atoms with Crippen LogP contribution in [0.2, 0.25) is 0 Å².